The number of hydrogen-bond donors (Lipinski definition) is 0. The van der Waals surface area contributed by atoms with Gasteiger partial charge in [-0.3, -0.25) is 19.4 Å². The Labute approximate surface area is 196 Å². The van der Waals surface area contributed by atoms with Crippen molar-refractivity contribution < 1.29 is 19.1 Å². The van der Waals surface area contributed by atoms with Crippen LogP contribution in [0.25, 0.3) is 0 Å². The molecule has 0 spiro atoms. The number of morpholine rings is 2. The van der Waals surface area contributed by atoms with Crippen LogP contribution in [0.3, 0.4) is 0 Å². The first-order valence-electron chi connectivity index (χ1n) is 11.8. The summed E-state index contributed by atoms with van der Waals surface area (Å²) in [5.41, 5.74) is 3.38. The van der Waals surface area contributed by atoms with Gasteiger partial charge in [0.15, 0.2) is 11.6 Å². The smallest absolute Gasteiger partial charge is 0.176 e. The maximum Gasteiger partial charge on any atom is 0.176 e. The lowest BCUT2D eigenvalue weighted by atomic mass is 9.77. The maximum atomic E-state index is 12.9. The van der Waals surface area contributed by atoms with E-state index >= 15 is 0 Å². The van der Waals surface area contributed by atoms with Crippen LogP contribution in [0.5, 0.6) is 0 Å². The number of hydrogen-bond acceptors (Lipinski definition) is 6. The van der Waals surface area contributed by atoms with Crippen LogP contribution in [-0.2, 0) is 14.9 Å². The zero-order chi connectivity index (χ0) is 23.3. The first-order valence-corrected chi connectivity index (χ1v) is 11.8. The van der Waals surface area contributed by atoms with E-state index in [0.29, 0.717) is 39.5 Å². The molecule has 2 aromatic carbocycles. The van der Waals surface area contributed by atoms with E-state index in [4.69, 9.17) is 9.47 Å². The van der Waals surface area contributed by atoms with Crippen LogP contribution in [0.15, 0.2) is 48.5 Å². The van der Waals surface area contributed by atoms with Gasteiger partial charge in [0.05, 0.1) is 39.5 Å². The number of ether oxygens (including phenoxy) is 2. The zero-order valence-electron chi connectivity index (χ0n) is 19.7. The monoisotopic (exact) mass is 450 g/mol. The van der Waals surface area contributed by atoms with Gasteiger partial charge < -0.3 is 9.47 Å². The molecule has 0 aliphatic carbocycles. The molecule has 4 rings (SSSR count). The molecular formula is C27H34N2O4. The molecule has 33 heavy (non-hydrogen) atoms. The highest BCUT2D eigenvalue weighted by atomic mass is 16.5. The molecule has 0 saturated carbocycles. The highest BCUT2D eigenvalue weighted by molar-refractivity contribution is 5.98. The van der Waals surface area contributed by atoms with Gasteiger partial charge in [-0.05, 0) is 17.2 Å². The van der Waals surface area contributed by atoms with E-state index in [0.717, 1.165) is 48.4 Å². The van der Waals surface area contributed by atoms with Crippen LogP contribution in [0.2, 0.25) is 0 Å². The number of Topliss-reactive ketones (excluding diaryl/α,β-unsaturated/α-hetero) is 2. The lowest BCUT2D eigenvalue weighted by Gasteiger charge is -2.28. The average Bonchev–Trinajstić information content (AvgIpc) is 2.85. The molecule has 2 aliphatic heterocycles. The van der Waals surface area contributed by atoms with E-state index in [1.165, 1.54) is 0 Å². The number of rotatable bonds is 8. The van der Waals surface area contributed by atoms with Crippen LogP contribution in [-0.4, -0.2) is 87.1 Å². The van der Waals surface area contributed by atoms with E-state index in [9.17, 15) is 9.59 Å². The second-order valence-corrected chi connectivity index (χ2v) is 9.41. The van der Waals surface area contributed by atoms with Crippen molar-refractivity contribution in [3.63, 3.8) is 0 Å². The molecule has 0 unspecified atom stereocenters. The Bertz CT molecular complexity index is 958. The largest absolute Gasteiger partial charge is 0.379 e. The predicted molar refractivity (Wildman–Crippen MR) is 128 cm³/mol. The number of benzene rings is 2. The van der Waals surface area contributed by atoms with Crippen molar-refractivity contribution in [2.24, 2.45) is 0 Å². The highest BCUT2D eigenvalue weighted by Crippen LogP contribution is 2.32. The fourth-order valence-corrected chi connectivity index (χ4v) is 4.43. The quantitative estimate of drug-likeness (QED) is 0.576. The minimum Gasteiger partial charge on any atom is -0.379 e. The molecule has 2 fully saturated rings. The van der Waals surface area contributed by atoms with E-state index < -0.39 is 0 Å². The van der Waals surface area contributed by atoms with Crippen molar-refractivity contribution in [2.75, 3.05) is 65.7 Å². The van der Waals surface area contributed by atoms with Gasteiger partial charge in [0.25, 0.3) is 0 Å². The molecule has 6 nitrogen and oxygen atoms in total. The van der Waals surface area contributed by atoms with E-state index in [1.54, 1.807) is 0 Å². The van der Waals surface area contributed by atoms with Gasteiger partial charge in [0.2, 0.25) is 0 Å². The van der Waals surface area contributed by atoms with Crippen molar-refractivity contribution in [1.29, 1.82) is 0 Å². The molecule has 0 radical (unpaired) electrons. The molecule has 176 valence electrons. The topological polar surface area (TPSA) is 59.1 Å². The summed E-state index contributed by atoms with van der Waals surface area (Å²) in [7, 11) is 0. The minimum atomic E-state index is -0.291. The van der Waals surface area contributed by atoms with Gasteiger partial charge in [-0.25, -0.2) is 0 Å². The van der Waals surface area contributed by atoms with Crippen LogP contribution in [0, 0.1) is 0 Å². The van der Waals surface area contributed by atoms with E-state index in [2.05, 4.69) is 29.7 Å². The predicted octanol–water partition coefficient (Wildman–Crippen LogP) is 3.04. The molecule has 0 amide bonds. The van der Waals surface area contributed by atoms with Crippen LogP contribution < -0.4 is 0 Å². The summed E-state index contributed by atoms with van der Waals surface area (Å²) in [4.78, 5) is 29.9. The normalized spacial score (nSPS) is 18.2. The van der Waals surface area contributed by atoms with E-state index in [1.807, 2.05) is 42.5 Å². The van der Waals surface area contributed by atoms with Gasteiger partial charge >= 0.3 is 0 Å². The van der Waals surface area contributed by atoms with Gasteiger partial charge in [-0.15, -0.1) is 0 Å². The summed E-state index contributed by atoms with van der Waals surface area (Å²) in [6, 6.07) is 15.9. The third-order valence-corrected chi connectivity index (χ3v) is 6.78. The lowest BCUT2D eigenvalue weighted by Crippen LogP contribution is -2.39. The molecule has 2 saturated heterocycles. The summed E-state index contributed by atoms with van der Waals surface area (Å²) in [5.74, 6) is 0.274. The number of carbonyl (C=O) groups excluding carboxylic acids is 2. The Hall–Kier alpha value is -2.38. The third kappa shape index (κ3) is 5.95. The molecule has 0 bridgehead atoms. The van der Waals surface area contributed by atoms with Gasteiger partial charge in [0.1, 0.15) is 0 Å². The Morgan fingerprint density at radius 2 is 1.24 bits per heavy atom. The Kier molecular flexibility index (Phi) is 7.71. The molecule has 0 aromatic heterocycles. The molecule has 2 heterocycles. The van der Waals surface area contributed by atoms with Crippen molar-refractivity contribution in [1.82, 2.24) is 9.80 Å². The van der Waals surface area contributed by atoms with Crippen LogP contribution in [0.4, 0.5) is 0 Å². The maximum absolute atomic E-state index is 12.9. The second-order valence-electron chi connectivity index (χ2n) is 9.41. The summed E-state index contributed by atoms with van der Waals surface area (Å²) in [5, 5.41) is 0. The minimum absolute atomic E-state index is 0.136. The number of carbonyl (C=O) groups is 2. The van der Waals surface area contributed by atoms with Crippen molar-refractivity contribution in [3.8, 4) is 0 Å². The van der Waals surface area contributed by atoms with Crippen molar-refractivity contribution in [2.45, 2.75) is 19.3 Å². The summed E-state index contributed by atoms with van der Waals surface area (Å²) in [6.07, 6.45) is 0. The molecule has 0 N–H and O–H groups in total. The molecule has 0 atom stereocenters. The van der Waals surface area contributed by atoms with Gasteiger partial charge in [-0.1, -0.05) is 56.3 Å². The summed E-state index contributed by atoms with van der Waals surface area (Å²) < 4.78 is 10.7. The average molecular weight is 451 g/mol. The zero-order valence-corrected chi connectivity index (χ0v) is 19.7. The number of nitrogens with zero attached hydrogens (tertiary/aromatic N) is 2. The molecular weight excluding hydrogens is 416 g/mol. The Morgan fingerprint density at radius 3 is 1.79 bits per heavy atom. The fraction of sp³-hybridized carbons (Fsp3) is 0.481. The fourth-order valence-electron chi connectivity index (χ4n) is 4.43. The summed E-state index contributed by atoms with van der Waals surface area (Å²) in [6.45, 7) is 11.1. The molecule has 2 aromatic rings. The van der Waals surface area contributed by atoms with Crippen LogP contribution in [0.1, 0.15) is 45.7 Å². The SMILES string of the molecule is CC(C)(c1ccc(C(=O)CN2CCOCC2)cc1)c1cccc(C(=O)CN2CCOCC2)c1. The highest BCUT2D eigenvalue weighted by Gasteiger charge is 2.25. The molecule has 6 heteroatoms. The Balaban J connectivity index is 1.44. The Morgan fingerprint density at radius 1 is 0.727 bits per heavy atom. The first-order chi connectivity index (χ1) is 15.9. The van der Waals surface area contributed by atoms with Gasteiger partial charge in [0, 0.05) is 42.7 Å². The number of ketones is 2. The van der Waals surface area contributed by atoms with Crippen molar-refractivity contribution in [3.05, 3.63) is 70.8 Å². The first kappa shape index (κ1) is 23.8. The van der Waals surface area contributed by atoms with E-state index in [-0.39, 0.29) is 17.0 Å². The van der Waals surface area contributed by atoms with Gasteiger partial charge in [-0.2, -0.15) is 0 Å². The standard InChI is InChI=1S/C27H34N2O4/c1-27(2,23-8-6-21(7-9-23)25(30)19-28-10-14-32-15-11-28)24-5-3-4-22(18-24)26(31)20-29-12-16-33-17-13-29/h3-9,18H,10-17,19-20H2,1-2H3. The molecule has 2 aliphatic rings. The lowest BCUT2D eigenvalue weighted by molar-refractivity contribution is 0.0368. The third-order valence-electron chi connectivity index (χ3n) is 6.78. The van der Waals surface area contributed by atoms with Crippen LogP contribution >= 0.6 is 0 Å². The van der Waals surface area contributed by atoms with Crippen molar-refractivity contribution >= 4 is 11.6 Å². The second kappa shape index (κ2) is 10.7. The summed E-state index contributed by atoms with van der Waals surface area (Å²) >= 11 is 0.